The molecule has 0 aliphatic rings. The number of thiophene rings is 1. The molecule has 0 bridgehead atoms. The third kappa shape index (κ3) is 4.88. The van der Waals surface area contributed by atoms with Crippen molar-refractivity contribution < 1.29 is 18.7 Å². The number of nitrogens with zero attached hydrogens (tertiary/aromatic N) is 3. The third-order valence-corrected chi connectivity index (χ3v) is 5.77. The molecular formula is C19H22N4O4S2. The molecule has 0 unspecified atom stereocenters. The van der Waals surface area contributed by atoms with Gasteiger partial charge in [0.05, 0.1) is 24.2 Å². The number of nitrogens with one attached hydrogen (secondary N) is 1. The highest BCUT2D eigenvalue weighted by Gasteiger charge is 2.21. The molecule has 154 valence electrons. The van der Waals surface area contributed by atoms with Gasteiger partial charge in [-0.1, -0.05) is 11.8 Å². The van der Waals surface area contributed by atoms with Crippen LogP contribution in [-0.2, 0) is 9.53 Å². The number of aryl methyl sites for hydroxylation is 1. The molecule has 0 aromatic carbocycles. The van der Waals surface area contributed by atoms with Crippen molar-refractivity contribution in [2.45, 2.75) is 38.9 Å². The number of hydrogen-bond acceptors (Lipinski definition) is 8. The molecule has 3 aromatic heterocycles. The van der Waals surface area contributed by atoms with Crippen molar-refractivity contribution in [3.05, 3.63) is 34.9 Å². The summed E-state index contributed by atoms with van der Waals surface area (Å²) in [6.45, 7) is 7.92. The lowest BCUT2D eigenvalue weighted by Gasteiger charge is -2.12. The summed E-state index contributed by atoms with van der Waals surface area (Å²) >= 11 is 2.62. The predicted octanol–water partition coefficient (Wildman–Crippen LogP) is 4.40. The van der Waals surface area contributed by atoms with Crippen LogP contribution in [0.2, 0.25) is 0 Å². The molecule has 3 heterocycles. The third-order valence-electron chi connectivity index (χ3n) is 3.86. The van der Waals surface area contributed by atoms with Gasteiger partial charge in [-0.2, -0.15) is 0 Å². The topological polar surface area (TPSA) is 99.2 Å². The van der Waals surface area contributed by atoms with E-state index in [9.17, 15) is 9.59 Å². The molecule has 0 saturated heterocycles. The van der Waals surface area contributed by atoms with E-state index in [-0.39, 0.29) is 24.3 Å². The number of carbonyl (C=O) groups excluding carboxylic acids is 2. The zero-order valence-electron chi connectivity index (χ0n) is 16.6. The van der Waals surface area contributed by atoms with Crippen LogP contribution in [0.25, 0.3) is 11.6 Å². The number of aromatic nitrogens is 3. The molecule has 0 saturated carbocycles. The minimum Gasteiger partial charge on any atom is -0.462 e. The Morgan fingerprint density at radius 1 is 1.38 bits per heavy atom. The SMILES string of the molecule is CCOC(=O)c1cc(C)sc1NC(=O)CSc1nnc(-c2ccco2)n1C(C)C. The summed E-state index contributed by atoms with van der Waals surface area (Å²) in [5, 5.41) is 12.3. The first-order valence-electron chi connectivity index (χ1n) is 9.09. The standard InChI is InChI=1S/C19H22N4O4S2/c1-5-26-18(25)13-9-12(4)29-17(13)20-15(24)10-28-19-22-21-16(23(19)11(2)3)14-7-6-8-27-14/h6-9,11H,5,10H2,1-4H3,(H,20,24). The molecule has 1 N–H and O–H groups in total. The summed E-state index contributed by atoms with van der Waals surface area (Å²) in [6, 6.07) is 5.42. The van der Waals surface area contributed by atoms with E-state index in [1.165, 1.54) is 23.1 Å². The summed E-state index contributed by atoms with van der Waals surface area (Å²) in [6.07, 6.45) is 1.58. The molecule has 0 fully saturated rings. The fourth-order valence-corrected chi connectivity index (χ4v) is 4.46. The number of esters is 1. The maximum atomic E-state index is 12.5. The zero-order valence-corrected chi connectivity index (χ0v) is 18.2. The van der Waals surface area contributed by atoms with E-state index in [0.717, 1.165) is 4.88 Å². The van der Waals surface area contributed by atoms with Gasteiger partial charge in [-0.05, 0) is 45.9 Å². The Kier molecular flexibility index (Phi) is 6.75. The van der Waals surface area contributed by atoms with E-state index >= 15 is 0 Å². The van der Waals surface area contributed by atoms with Crippen LogP contribution in [0.15, 0.2) is 34.0 Å². The van der Waals surface area contributed by atoms with Crippen LogP contribution in [0.3, 0.4) is 0 Å². The summed E-state index contributed by atoms with van der Waals surface area (Å²) in [7, 11) is 0. The lowest BCUT2D eigenvalue weighted by molar-refractivity contribution is -0.113. The van der Waals surface area contributed by atoms with Gasteiger partial charge >= 0.3 is 5.97 Å². The number of anilines is 1. The molecule has 0 aliphatic carbocycles. The first kappa shape index (κ1) is 21.1. The number of rotatable bonds is 8. The lowest BCUT2D eigenvalue weighted by Crippen LogP contribution is -2.16. The van der Waals surface area contributed by atoms with E-state index in [1.54, 1.807) is 25.3 Å². The second-order valence-corrected chi connectivity index (χ2v) is 8.60. The minimum atomic E-state index is -0.442. The number of furan rings is 1. The fraction of sp³-hybridized carbons (Fsp3) is 0.368. The maximum absolute atomic E-state index is 12.5. The van der Waals surface area contributed by atoms with Gasteiger partial charge in [-0.25, -0.2) is 4.79 Å². The van der Waals surface area contributed by atoms with Crippen molar-refractivity contribution in [1.29, 1.82) is 0 Å². The van der Waals surface area contributed by atoms with Gasteiger partial charge in [0.1, 0.15) is 5.00 Å². The van der Waals surface area contributed by atoms with Crippen LogP contribution in [0, 0.1) is 6.92 Å². The summed E-state index contributed by atoms with van der Waals surface area (Å²) in [5.74, 6) is 0.687. The van der Waals surface area contributed by atoms with Crippen molar-refractivity contribution in [2.24, 2.45) is 0 Å². The Morgan fingerprint density at radius 2 is 2.17 bits per heavy atom. The maximum Gasteiger partial charge on any atom is 0.341 e. The molecular weight excluding hydrogens is 412 g/mol. The number of thioether (sulfide) groups is 1. The summed E-state index contributed by atoms with van der Waals surface area (Å²) < 4.78 is 12.4. The van der Waals surface area contributed by atoms with Crippen molar-refractivity contribution in [3.8, 4) is 11.6 Å². The van der Waals surface area contributed by atoms with E-state index < -0.39 is 5.97 Å². The van der Waals surface area contributed by atoms with Gasteiger partial charge in [-0.15, -0.1) is 21.5 Å². The largest absolute Gasteiger partial charge is 0.462 e. The Hall–Kier alpha value is -2.59. The Bertz CT molecular complexity index is 992. The molecule has 29 heavy (non-hydrogen) atoms. The van der Waals surface area contributed by atoms with Crippen molar-refractivity contribution in [1.82, 2.24) is 14.8 Å². The second-order valence-electron chi connectivity index (χ2n) is 6.40. The van der Waals surface area contributed by atoms with Crippen molar-refractivity contribution in [3.63, 3.8) is 0 Å². The van der Waals surface area contributed by atoms with Crippen LogP contribution in [-0.4, -0.2) is 39.0 Å². The fourth-order valence-electron chi connectivity index (χ4n) is 2.68. The van der Waals surface area contributed by atoms with Crippen molar-refractivity contribution >= 4 is 40.0 Å². The van der Waals surface area contributed by atoms with Gasteiger partial charge in [0.25, 0.3) is 0 Å². The van der Waals surface area contributed by atoms with Crippen LogP contribution >= 0.6 is 23.1 Å². The number of ether oxygens (including phenoxy) is 1. The monoisotopic (exact) mass is 434 g/mol. The zero-order chi connectivity index (χ0) is 21.0. The number of hydrogen-bond donors (Lipinski definition) is 1. The van der Waals surface area contributed by atoms with Gasteiger partial charge < -0.3 is 14.5 Å². The summed E-state index contributed by atoms with van der Waals surface area (Å²) in [4.78, 5) is 25.5. The minimum absolute atomic E-state index is 0.0889. The average Bonchev–Trinajstić information content (AvgIpc) is 3.39. The summed E-state index contributed by atoms with van der Waals surface area (Å²) in [5.41, 5.74) is 0.373. The molecule has 0 atom stereocenters. The first-order valence-corrected chi connectivity index (χ1v) is 10.9. The Balaban J connectivity index is 1.70. The molecule has 1 amide bonds. The van der Waals surface area contributed by atoms with E-state index in [0.29, 0.717) is 27.3 Å². The molecule has 8 nitrogen and oxygen atoms in total. The Labute approximate surface area is 176 Å². The second kappa shape index (κ2) is 9.27. The van der Waals surface area contributed by atoms with Gasteiger partial charge in [-0.3, -0.25) is 9.36 Å². The number of amides is 1. The number of carbonyl (C=O) groups is 2. The van der Waals surface area contributed by atoms with E-state index in [4.69, 9.17) is 9.15 Å². The highest BCUT2D eigenvalue weighted by Crippen LogP contribution is 2.30. The first-order chi connectivity index (χ1) is 13.9. The lowest BCUT2D eigenvalue weighted by atomic mass is 10.3. The molecule has 3 rings (SSSR count). The van der Waals surface area contributed by atoms with Gasteiger partial charge in [0, 0.05) is 10.9 Å². The van der Waals surface area contributed by atoms with Crippen LogP contribution in [0.1, 0.15) is 42.0 Å². The highest BCUT2D eigenvalue weighted by molar-refractivity contribution is 7.99. The average molecular weight is 435 g/mol. The van der Waals surface area contributed by atoms with Crippen LogP contribution in [0.4, 0.5) is 5.00 Å². The normalized spacial score (nSPS) is 11.1. The molecule has 10 heteroatoms. The predicted molar refractivity (Wildman–Crippen MR) is 112 cm³/mol. The molecule has 3 aromatic rings. The molecule has 0 spiro atoms. The van der Waals surface area contributed by atoms with Crippen LogP contribution < -0.4 is 5.32 Å². The molecule has 0 aliphatic heterocycles. The highest BCUT2D eigenvalue weighted by atomic mass is 32.2. The Morgan fingerprint density at radius 3 is 2.83 bits per heavy atom. The van der Waals surface area contributed by atoms with Gasteiger partial charge in [0.15, 0.2) is 10.9 Å². The molecule has 0 radical (unpaired) electrons. The quantitative estimate of drug-likeness (QED) is 0.414. The van der Waals surface area contributed by atoms with Crippen LogP contribution in [0.5, 0.6) is 0 Å². The van der Waals surface area contributed by atoms with E-state index in [2.05, 4.69) is 15.5 Å². The van der Waals surface area contributed by atoms with E-state index in [1.807, 2.05) is 31.4 Å². The smallest absolute Gasteiger partial charge is 0.341 e. The van der Waals surface area contributed by atoms with Crippen molar-refractivity contribution in [2.75, 3.05) is 17.7 Å². The van der Waals surface area contributed by atoms with Gasteiger partial charge in [0.2, 0.25) is 11.7 Å².